The highest BCUT2D eigenvalue weighted by atomic mass is 19.1. The van der Waals surface area contributed by atoms with Gasteiger partial charge in [0.25, 0.3) is 0 Å². The number of rotatable bonds is 5. The molecule has 0 saturated heterocycles. The summed E-state index contributed by atoms with van der Waals surface area (Å²) in [4.78, 5) is 8.82. The van der Waals surface area contributed by atoms with Gasteiger partial charge in [0.2, 0.25) is 5.95 Å². The highest BCUT2D eigenvalue weighted by Gasteiger charge is 2.06. The first-order valence-electron chi connectivity index (χ1n) is 7.77. The summed E-state index contributed by atoms with van der Waals surface area (Å²) in [6.07, 6.45) is 0. The fraction of sp³-hybridized carbons (Fsp3) is 0.158. The third-order valence-corrected chi connectivity index (χ3v) is 3.66. The smallest absolute Gasteiger partial charge is 0.225 e. The van der Waals surface area contributed by atoms with E-state index >= 15 is 0 Å². The van der Waals surface area contributed by atoms with Crippen molar-refractivity contribution in [2.45, 2.75) is 20.4 Å². The summed E-state index contributed by atoms with van der Waals surface area (Å²) in [6, 6.07) is 16.5. The zero-order valence-electron chi connectivity index (χ0n) is 13.7. The number of nitrogens with zero attached hydrogens (tertiary/aromatic N) is 2. The fourth-order valence-electron chi connectivity index (χ4n) is 2.38. The minimum absolute atomic E-state index is 0.240. The Morgan fingerprint density at radius 1 is 0.958 bits per heavy atom. The molecule has 1 heterocycles. The van der Waals surface area contributed by atoms with E-state index in [1.165, 1.54) is 6.07 Å². The summed E-state index contributed by atoms with van der Waals surface area (Å²) in [5.41, 5.74) is 3.54. The molecule has 0 saturated carbocycles. The molecule has 0 amide bonds. The van der Waals surface area contributed by atoms with Crippen molar-refractivity contribution in [2.75, 3.05) is 10.6 Å². The zero-order chi connectivity index (χ0) is 16.9. The number of para-hydroxylation sites is 1. The van der Waals surface area contributed by atoms with E-state index in [1.54, 1.807) is 12.1 Å². The van der Waals surface area contributed by atoms with Gasteiger partial charge < -0.3 is 10.6 Å². The Hall–Kier alpha value is -2.95. The van der Waals surface area contributed by atoms with E-state index in [1.807, 2.05) is 50.2 Å². The minimum Gasteiger partial charge on any atom is -0.350 e. The van der Waals surface area contributed by atoms with Crippen molar-refractivity contribution in [3.63, 3.8) is 0 Å². The summed E-state index contributed by atoms with van der Waals surface area (Å²) < 4.78 is 13.7. The summed E-state index contributed by atoms with van der Waals surface area (Å²) in [5, 5.41) is 6.38. The highest BCUT2D eigenvalue weighted by Crippen LogP contribution is 2.20. The Morgan fingerprint density at radius 3 is 2.50 bits per heavy atom. The van der Waals surface area contributed by atoms with Gasteiger partial charge in [-0.25, -0.2) is 9.37 Å². The topological polar surface area (TPSA) is 49.8 Å². The maximum Gasteiger partial charge on any atom is 0.225 e. The van der Waals surface area contributed by atoms with E-state index in [2.05, 4.69) is 20.6 Å². The SMILES string of the molecule is Cc1cc(Nc2ccccc2C)nc(NCc2ccccc2F)n1. The largest absolute Gasteiger partial charge is 0.350 e. The molecule has 0 radical (unpaired) electrons. The molecule has 24 heavy (non-hydrogen) atoms. The van der Waals surface area contributed by atoms with Gasteiger partial charge in [-0.05, 0) is 31.5 Å². The molecular formula is C19H19FN4. The number of aryl methyl sites for hydroxylation is 2. The molecule has 0 atom stereocenters. The van der Waals surface area contributed by atoms with Crippen LogP contribution >= 0.6 is 0 Å². The highest BCUT2D eigenvalue weighted by molar-refractivity contribution is 5.61. The van der Waals surface area contributed by atoms with Crippen molar-refractivity contribution in [2.24, 2.45) is 0 Å². The number of benzene rings is 2. The van der Waals surface area contributed by atoms with E-state index in [0.717, 1.165) is 16.9 Å². The number of nitrogens with one attached hydrogen (secondary N) is 2. The van der Waals surface area contributed by atoms with E-state index in [-0.39, 0.29) is 5.82 Å². The van der Waals surface area contributed by atoms with Crippen LogP contribution in [0.15, 0.2) is 54.6 Å². The second-order valence-electron chi connectivity index (χ2n) is 5.60. The molecule has 0 unspecified atom stereocenters. The van der Waals surface area contributed by atoms with Crippen LogP contribution in [-0.4, -0.2) is 9.97 Å². The van der Waals surface area contributed by atoms with Crippen molar-refractivity contribution < 1.29 is 4.39 Å². The van der Waals surface area contributed by atoms with Crippen LogP contribution in [0.3, 0.4) is 0 Å². The number of hydrogen-bond donors (Lipinski definition) is 2. The number of halogens is 1. The lowest BCUT2D eigenvalue weighted by molar-refractivity contribution is 0.612. The van der Waals surface area contributed by atoms with Crippen LogP contribution in [0.4, 0.5) is 21.8 Å². The molecule has 0 bridgehead atoms. The molecule has 2 aromatic carbocycles. The molecule has 2 N–H and O–H groups in total. The van der Waals surface area contributed by atoms with Crippen LogP contribution in [0.25, 0.3) is 0 Å². The average molecular weight is 322 g/mol. The third kappa shape index (κ3) is 3.87. The lowest BCUT2D eigenvalue weighted by atomic mass is 10.2. The molecule has 4 nitrogen and oxygen atoms in total. The van der Waals surface area contributed by atoms with Gasteiger partial charge >= 0.3 is 0 Å². The van der Waals surface area contributed by atoms with Gasteiger partial charge in [-0.2, -0.15) is 4.98 Å². The minimum atomic E-state index is -0.240. The van der Waals surface area contributed by atoms with Crippen LogP contribution in [-0.2, 0) is 6.54 Å². The first-order chi connectivity index (χ1) is 11.6. The molecule has 0 aliphatic carbocycles. The predicted molar refractivity (Wildman–Crippen MR) is 95.0 cm³/mol. The Labute approximate surface area is 140 Å². The zero-order valence-corrected chi connectivity index (χ0v) is 13.7. The number of aromatic nitrogens is 2. The lowest BCUT2D eigenvalue weighted by Crippen LogP contribution is -2.07. The lowest BCUT2D eigenvalue weighted by Gasteiger charge is -2.11. The Kier molecular flexibility index (Phi) is 4.70. The Morgan fingerprint density at radius 2 is 1.71 bits per heavy atom. The van der Waals surface area contributed by atoms with E-state index < -0.39 is 0 Å². The van der Waals surface area contributed by atoms with Crippen molar-refractivity contribution in [1.29, 1.82) is 0 Å². The molecule has 0 spiro atoms. The Balaban J connectivity index is 1.77. The molecule has 5 heteroatoms. The van der Waals surface area contributed by atoms with E-state index in [4.69, 9.17) is 0 Å². The second kappa shape index (κ2) is 7.08. The monoisotopic (exact) mass is 322 g/mol. The summed E-state index contributed by atoms with van der Waals surface area (Å²) in [7, 11) is 0. The van der Waals surface area contributed by atoms with Gasteiger partial charge in [0, 0.05) is 29.6 Å². The third-order valence-electron chi connectivity index (χ3n) is 3.66. The van der Waals surface area contributed by atoms with E-state index in [0.29, 0.717) is 23.9 Å². The van der Waals surface area contributed by atoms with Crippen molar-refractivity contribution in [3.05, 3.63) is 77.2 Å². The molecular weight excluding hydrogens is 303 g/mol. The summed E-state index contributed by atoms with van der Waals surface area (Å²) >= 11 is 0. The summed E-state index contributed by atoms with van der Waals surface area (Å²) in [5.74, 6) is 0.929. The van der Waals surface area contributed by atoms with Crippen LogP contribution in [0, 0.1) is 19.7 Å². The molecule has 3 rings (SSSR count). The van der Waals surface area contributed by atoms with Gasteiger partial charge in [0.15, 0.2) is 0 Å². The number of anilines is 3. The quantitative estimate of drug-likeness (QED) is 0.721. The van der Waals surface area contributed by atoms with Crippen molar-refractivity contribution in [1.82, 2.24) is 9.97 Å². The molecule has 0 aliphatic heterocycles. The van der Waals surface area contributed by atoms with E-state index in [9.17, 15) is 4.39 Å². The van der Waals surface area contributed by atoms with Crippen LogP contribution < -0.4 is 10.6 Å². The number of hydrogen-bond acceptors (Lipinski definition) is 4. The van der Waals surface area contributed by atoms with Gasteiger partial charge in [-0.1, -0.05) is 36.4 Å². The van der Waals surface area contributed by atoms with Gasteiger partial charge in [-0.15, -0.1) is 0 Å². The fourth-order valence-corrected chi connectivity index (χ4v) is 2.38. The average Bonchev–Trinajstić information content (AvgIpc) is 2.56. The molecule has 3 aromatic rings. The predicted octanol–water partition coefficient (Wildman–Crippen LogP) is 4.59. The van der Waals surface area contributed by atoms with Crippen molar-refractivity contribution in [3.8, 4) is 0 Å². The molecule has 122 valence electrons. The summed E-state index contributed by atoms with van der Waals surface area (Å²) in [6.45, 7) is 4.27. The van der Waals surface area contributed by atoms with Crippen LogP contribution in [0.5, 0.6) is 0 Å². The van der Waals surface area contributed by atoms with Gasteiger partial charge in [0.05, 0.1) is 0 Å². The van der Waals surface area contributed by atoms with Gasteiger partial charge in [-0.3, -0.25) is 0 Å². The molecule has 1 aromatic heterocycles. The van der Waals surface area contributed by atoms with Gasteiger partial charge in [0.1, 0.15) is 11.6 Å². The maximum atomic E-state index is 13.7. The maximum absolute atomic E-state index is 13.7. The molecule has 0 aliphatic rings. The van der Waals surface area contributed by atoms with Crippen LogP contribution in [0.2, 0.25) is 0 Å². The Bertz CT molecular complexity index is 848. The molecule has 0 fully saturated rings. The van der Waals surface area contributed by atoms with Crippen LogP contribution in [0.1, 0.15) is 16.8 Å². The first kappa shape index (κ1) is 15.9. The standard InChI is InChI=1S/C19H19FN4/c1-13-7-3-6-10-17(13)23-18-11-14(2)22-19(24-18)21-12-15-8-4-5-9-16(15)20/h3-11H,12H2,1-2H3,(H2,21,22,23,24). The normalized spacial score (nSPS) is 10.5. The first-order valence-corrected chi connectivity index (χ1v) is 7.77. The van der Waals surface area contributed by atoms with Crippen molar-refractivity contribution >= 4 is 17.5 Å². The second-order valence-corrected chi connectivity index (χ2v) is 5.60.